The van der Waals surface area contributed by atoms with E-state index in [0.29, 0.717) is 17.9 Å². The summed E-state index contributed by atoms with van der Waals surface area (Å²) in [7, 11) is 0. The minimum absolute atomic E-state index is 0.645. The van der Waals surface area contributed by atoms with E-state index in [1.807, 2.05) is 30.0 Å². The van der Waals surface area contributed by atoms with Crippen molar-refractivity contribution in [3.63, 3.8) is 0 Å². The van der Waals surface area contributed by atoms with Crippen molar-refractivity contribution in [2.45, 2.75) is 22.9 Å². The average Bonchev–Trinajstić information content (AvgIpc) is 3.08. The van der Waals surface area contributed by atoms with Crippen LogP contribution in [0.15, 0.2) is 88.7 Å². The van der Waals surface area contributed by atoms with Gasteiger partial charge in [-0.15, -0.1) is 0 Å². The monoisotopic (exact) mass is 402 g/mol. The maximum atomic E-state index is 5.52. The zero-order valence-corrected chi connectivity index (χ0v) is 16.7. The summed E-state index contributed by atoms with van der Waals surface area (Å²) in [5.74, 6) is 0.922. The van der Waals surface area contributed by atoms with Crippen LogP contribution in [0.25, 0.3) is 0 Å². The SMILES string of the molecule is S=c1[nH]nc(CN2c3ccccc3Sc3ccccc32)n1Cc1ccccc1. The molecule has 0 aliphatic carbocycles. The minimum Gasteiger partial charge on any atom is -0.332 e. The van der Waals surface area contributed by atoms with Crippen LogP contribution in [0.3, 0.4) is 0 Å². The van der Waals surface area contributed by atoms with Crippen molar-refractivity contribution in [2.24, 2.45) is 0 Å². The Morgan fingerprint density at radius 3 is 2.07 bits per heavy atom. The van der Waals surface area contributed by atoms with Gasteiger partial charge in [0.15, 0.2) is 10.6 Å². The van der Waals surface area contributed by atoms with Crippen molar-refractivity contribution in [2.75, 3.05) is 4.90 Å². The number of nitrogens with one attached hydrogen (secondary N) is 1. The zero-order chi connectivity index (χ0) is 18.9. The summed E-state index contributed by atoms with van der Waals surface area (Å²) in [6.07, 6.45) is 0. The number of para-hydroxylation sites is 2. The summed E-state index contributed by atoms with van der Waals surface area (Å²) in [5, 5.41) is 7.53. The van der Waals surface area contributed by atoms with Gasteiger partial charge < -0.3 is 4.90 Å². The first-order valence-corrected chi connectivity index (χ1v) is 10.3. The molecule has 0 radical (unpaired) electrons. The number of anilines is 2. The molecular formula is C22H18N4S2. The Kier molecular flexibility index (Phi) is 4.50. The molecular weight excluding hydrogens is 384 g/mol. The number of nitrogens with zero attached hydrogens (tertiary/aromatic N) is 3. The second kappa shape index (κ2) is 7.30. The molecule has 0 saturated heterocycles. The maximum absolute atomic E-state index is 5.52. The van der Waals surface area contributed by atoms with Gasteiger partial charge in [0, 0.05) is 9.79 Å². The molecule has 1 aliphatic rings. The molecule has 0 atom stereocenters. The smallest absolute Gasteiger partial charge is 0.195 e. The molecule has 0 saturated carbocycles. The standard InChI is InChI=1S/C22H18N4S2/c27-22-24-23-21(26(22)14-16-8-2-1-3-9-16)15-25-17-10-4-6-12-19(17)28-20-13-7-5-11-18(20)25/h1-13H,14-15H2,(H,24,27). The van der Waals surface area contributed by atoms with Crippen LogP contribution in [0.1, 0.15) is 11.4 Å². The lowest BCUT2D eigenvalue weighted by Crippen LogP contribution is -2.22. The fourth-order valence-electron chi connectivity index (χ4n) is 3.49. The Hall–Kier alpha value is -2.83. The third-order valence-electron chi connectivity index (χ3n) is 4.85. The van der Waals surface area contributed by atoms with Crippen LogP contribution in [0.4, 0.5) is 11.4 Å². The van der Waals surface area contributed by atoms with Crippen molar-refractivity contribution in [3.8, 4) is 0 Å². The van der Waals surface area contributed by atoms with Gasteiger partial charge in [-0.25, -0.2) is 0 Å². The van der Waals surface area contributed by atoms with Gasteiger partial charge in [-0.2, -0.15) is 5.10 Å². The molecule has 3 aromatic carbocycles. The van der Waals surface area contributed by atoms with E-state index in [9.17, 15) is 0 Å². The number of hydrogen-bond donors (Lipinski definition) is 1. The number of H-pyrrole nitrogens is 1. The quantitative estimate of drug-likeness (QED) is 0.438. The van der Waals surface area contributed by atoms with Crippen LogP contribution >= 0.6 is 24.0 Å². The fourth-order valence-corrected chi connectivity index (χ4v) is 4.80. The van der Waals surface area contributed by atoms with Crippen LogP contribution in [-0.2, 0) is 13.1 Å². The van der Waals surface area contributed by atoms with E-state index in [4.69, 9.17) is 12.2 Å². The first kappa shape index (κ1) is 17.3. The second-order valence-corrected chi connectivity index (χ2v) is 8.11. The fraction of sp³-hybridized carbons (Fsp3) is 0.0909. The molecule has 6 heteroatoms. The van der Waals surface area contributed by atoms with Gasteiger partial charge in [-0.05, 0) is 42.0 Å². The lowest BCUT2D eigenvalue weighted by Gasteiger charge is -2.32. The molecule has 4 aromatic rings. The van der Waals surface area contributed by atoms with Crippen molar-refractivity contribution < 1.29 is 0 Å². The Bertz CT molecular complexity index is 1130. The van der Waals surface area contributed by atoms with Gasteiger partial charge in [0.05, 0.1) is 24.5 Å². The summed E-state index contributed by atoms with van der Waals surface area (Å²) in [6.45, 7) is 1.35. The lowest BCUT2D eigenvalue weighted by atomic mass is 10.2. The number of benzene rings is 3. The number of aromatic nitrogens is 3. The molecule has 138 valence electrons. The van der Waals surface area contributed by atoms with Crippen molar-refractivity contribution in [1.29, 1.82) is 0 Å². The first-order valence-electron chi connectivity index (χ1n) is 9.11. The topological polar surface area (TPSA) is 36.9 Å². The van der Waals surface area contributed by atoms with Gasteiger partial charge in [0.1, 0.15) is 0 Å². The zero-order valence-electron chi connectivity index (χ0n) is 15.1. The number of hydrogen-bond acceptors (Lipinski definition) is 4. The molecule has 2 heterocycles. The number of aromatic amines is 1. The Morgan fingerprint density at radius 2 is 1.39 bits per heavy atom. The molecule has 4 nitrogen and oxygen atoms in total. The number of fused-ring (bicyclic) bond motifs is 2. The lowest BCUT2D eigenvalue weighted by molar-refractivity contribution is 0.706. The van der Waals surface area contributed by atoms with E-state index < -0.39 is 0 Å². The summed E-state index contributed by atoms with van der Waals surface area (Å²) in [4.78, 5) is 4.84. The van der Waals surface area contributed by atoms with E-state index in [-0.39, 0.29) is 0 Å². The molecule has 1 N–H and O–H groups in total. The molecule has 28 heavy (non-hydrogen) atoms. The highest BCUT2D eigenvalue weighted by atomic mass is 32.2. The summed E-state index contributed by atoms with van der Waals surface area (Å²) < 4.78 is 2.73. The van der Waals surface area contributed by atoms with Crippen molar-refractivity contribution >= 4 is 35.4 Å². The third kappa shape index (κ3) is 3.15. The molecule has 0 fully saturated rings. The van der Waals surface area contributed by atoms with E-state index in [0.717, 1.165) is 5.82 Å². The van der Waals surface area contributed by atoms with Gasteiger partial charge >= 0.3 is 0 Å². The van der Waals surface area contributed by atoms with E-state index in [1.54, 1.807) is 0 Å². The average molecular weight is 403 g/mol. The predicted octanol–water partition coefficient (Wildman–Crippen LogP) is 5.79. The number of rotatable bonds is 4. The molecule has 0 bridgehead atoms. The van der Waals surface area contributed by atoms with Gasteiger partial charge in [0.25, 0.3) is 0 Å². The molecule has 0 amide bonds. The maximum Gasteiger partial charge on any atom is 0.195 e. The van der Waals surface area contributed by atoms with E-state index in [2.05, 4.69) is 80.3 Å². The summed E-state index contributed by atoms with van der Waals surface area (Å²) in [6, 6.07) is 27.4. The van der Waals surface area contributed by atoms with Crippen LogP contribution in [0.2, 0.25) is 0 Å². The minimum atomic E-state index is 0.645. The molecule has 0 spiro atoms. The Labute approximate surface area is 172 Å². The van der Waals surface area contributed by atoms with Crippen LogP contribution in [0, 0.1) is 4.77 Å². The largest absolute Gasteiger partial charge is 0.332 e. The van der Waals surface area contributed by atoms with Gasteiger partial charge in [-0.1, -0.05) is 66.4 Å². The highest BCUT2D eigenvalue weighted by Gasteiger charge is 2.24. The molecule has 0 unspecified atom stereocenters. The van der Waals surface area contributed by atoms with Gasteiger partial charge in [0.2, 0.25) is 0 Å². The van der Waals surface area contributed by atoms with Crippen molar-refractivity contribution in [1.82, 2.24) is 14.8 Å². The first-order chi connectivity index (χ1) is 13.8. The second-order valence-electron chi connectivity index (χ2n) is 6.64. The van der Waals surface area contributed by atoms with Gasteiger partial charge in [-0.3, -0.25) is 9.67 Å². The van der Waals surface area contributed by atoms with Crippen LogP contribution < -0.4 is 4.90 Å². The summed E-state index contributed by atoms with van der Waals surface area (Å²) in [5.41, 5.74) is 3.61. The van der Waals surface area contributed by atoms with Crippen molar-refractivity contribution in [3.05, 3.63) is 95.0 Å². The molecule has 1 aromatic heterocycles. The van der Waals surface area contributed by atoms with E-state index >= 15 is 0 Å². The Balaban J connectivity index is 1.55. The van der Waals surface area contributed by atoms with E-state index in [1.165, 1.54) is 26.7 Å². The highest BCUT2D eigenvalue weighted by Crippen LogP contribution is 2.48. The third-order valence-corrected chi connectivity index (χ3v) is 6.29. The van der Waals surface area contributed by atoms with Crippen LogP contribution in [0.5, 0.6) is 0 Å². The molecule has 1 aliphatic heterocycles. The Morgan fingerprint density at radius 1 is 0.786 bits per heavy atom. The summed E-state index contributed by atoms with van der Waals surface area (Å²) >= 11 is 7.33. The predicted molar refractivity (Wildman–Crippen MR) is 116 cm³/mol. The normalized spacial score (nSPS) is 12.5. The molecule has 5 rings (SSSR count). The van der Waals surface area contributed by atoms with Crippen LogP contribution in [-0.4, -0.2) is 14.8 Å². The highest BCUT2D eigenvalue weighted by molar-refractivity contribution is 7.99.